The number of imidazole rings is 4. The van der Waals surface area contributed by atoms with Crippen LogP contribution in [-0.2, 0) is 63.7 Å². The van der Waals surface area contributed by atoms with Crippen LogP contribution in [0.5, 0.6) is 0 Å². The number of rotatable bonds is 28. The lowest BCUT2D eigenvalue weighted by Crippen LogP contribution is -2.29. The van der Waals surface area contributed by atoms with Crippen molar-refractivity contribution in [1.82, 2.24) is 78.1 Å². The number of carbonyl (C=O) groups excluding carboxylic acids is 10. The molecule has 0 aromatic carbocycles. The molecule has 10 N–H and O–H groups in total. The zero-order valence-electron chi connectivity index (χ0n) is 49.1. The third-order valence-electron chi connectivity index (χ3n) is 13.0. The van der Waals surface area contributed by atoms with E-state index in [-0.39, 0.29) is 115 Å². The standard InChI is InChI=1S/C54H70N22O10/c1-69(2)21-11-10-16-57-51(83)45-67-40(31-75(45)8)68-50(82)37-23-32(26-73(37)6)60-42(78)14-19-59-52(84)46-65-38(29-74(46)7)63-41(77)13-12-17-56-48(80)35-25-34(28-71(35)4)62-54(86)47-66-39(30-76(47)9)64-43(79)15-18-58-49(81)36-24-33(27-72(36)5)61-53(85)44-55-20-22-70(44)3/h20,22-31H,10-19,21H2,1-9H3,(H,56,80)(H,57,83)(H,58,81)(H,59,84)(H,60,78)(H,61,85)(H,62,86)(H,63,77)(H,64,79)(H,68,82). The number of nitrogens with zero attached hydrogens (tertiary/aromatic N) is 12. The van der Waals surface area contributed by atoms with Gasteiger partial charge < -0.3 is 90.0 Å². The Morgan fingerprint density at radius 1 is 0.384 bits per heavy atom. The van der Waals surface area contributed by atoms with Crippen molar-refractivity contribution in [3.63, 3.8) is 0 Å². The van der Waals surface area contributed by atoms with Gasteiger partial charge in [-0.3, -0.25) is 47.9 Å². The molecule has 0 bridgehead atoms. The van der Waals surface area contributed by atoms with Crippen LogP contribution in [0.3, 0.4) is 0 Å². The number of aromatic nitrogens is 11. The van der Waals surface area contributed by atoms with Gasteiger partial charge in [-0.2, -0.15) is 0 Å². The number of aryl methyl sites for hydroxylation is 7. The molecule has 0 fully saturated rings. The Morgan fingerprint density at radius 3 is 1.27 bits per heavy atom. The highest BCUT2D eigenvalue weighted by molar-refractivity contribution is 6.06. The van der Waals surface area contributed by atoms with E-state index in [0.717, 1.165) is 19.4 Å². The number of anilines is 6. The van der Waals surface area contributed by atoms with E-state index in [1.54, 1.807) is 72.5 Å². The lowest BCUT2D eigenvalue weighted by molar-refractivity contribution is -0.117. The lowest BCUT2D eigenvalue weighted by Gasteiger charge is -2.09. The Bertz CT molecular complexity index is 3680. The molecule has 86 heavy (non-hydrogen) atoms. The predicted molar refractivity (Wildman–Crippen MR) is 314 cm³/mol. The van der Waals surface area contributed by atoms with E-state index in [4.69, 9.17) is 0 Å². The van der Waals surface area contributed by atoms with Crippen LogP contribution in [0.2, 0.25) is 0 Å². The van der Waals surface area contributed by atoms with Crippen LogP contribution in [-0.4, -0.2) is 163 Å². The van der Waals surface area contributed by atoms with Gasteiger partial charge in [-0.05, 0) is 58.1 Å². The molecule has 7 rings (SSSR count). The van der Waals surface area contributed by atoms with Crippen LogP contribution in [0.15, 0.2) is 67.8 Å². The summed E-state index contributed by atoms with van der Waals surface area (Å²) in [5.74, 6) is -4.22. The number of amides is 10. The van der Waals surface area contributed by atoms with Crippen molar-refractivity contribution in [3.8, 4) is 0 Å². The predicted octanol–water partition coefficient (Wildman–Crippen LogP) is 1.13. The van der Waals surface area contributed by atoms with Crippen molar-refractivity contribution in [3.05, 3.63) is 108 Å². The second kappa shape index (κ2) is 28.6. The van der Waals surface area contributed by atoms with Crippen molar-refractivity contribution in [2.45, 2.75) is 38.5 Å². The average Bonchev–Trinajstić information content (AvgIpc) is 3.72. The smallest absolute Gasteiger partial charge is 0.291 e. The summed E-state index contributed by atoms with van der Waals surface area (Å²) in [5.41, 5.74) is 1.66. The van der Waals surface area contributed by atoms with Crippen molar-refractivity contribution < 1.29 is 47.9 Å². The van der Waals surface area contributed by atoms with Gasteiger partial charge in [-0.1, -0.05) is 0 Å². The summed E-state index contributed by atoms with van der Waals surface area (Å²) in [6.07, 6.45) is 13.9. The fourth-order valence-electron chi connectivity index (χ4n) is 8.69. The number of nitrogens with one attached hydrogen (secondary N) is 10. The summed E-state index contributed by atoms with van der Waals surface area (Å²) in [4.78, 5) is 148. The summed E-state index contributed by atoms with van der Waals surface area (Å²) in [5, 5.41) is 26.9. The van der Waals surface area contributed by atoms with E-state index in [0.29, 0.717) is 17.9 Å². The summed E-state index contributed by atoms with van der Waals surface area (Å²) in [6, 6.07) is 4.44. The Kier molecular flexibility index (Phi) is 20.9. The highest BCUT2D eigenvalue weighted by Crippen LogP contribution is 2.19. The Balaban J connectivity index is 0.769. The number of hydrogen-bond acceptors (Lipinski definition) is 15. The molecule has 7 heterocycles. The summed E-state index contributed by atoms with van der Waals surface area (Å²) in [7, 11) is 15.3. The molecule has 10 amide bonds. The SMILES string of the molecule is CN(C)CCCCNC(=O)c1nc(NC(=O)c2cc(NC(=O)CCNC(=O)c3nc(NC(=O)CCCNC(=O)c4cc(NC(=O)c5nc(NC(=O)CCNC(=O)c6cc(NC(=O)c7nccn7C)cn6C)cn5C)cn4C)cn3C)cn2C)cn1C. The van der Waals surface area contributed by atoms with Gasteiger partial charge in [0.1, 0.15) is 17.1 Å². The quantitative estimate of drug-likeness (QED) is 0.0308. The van der Waals surface area contributed by atoms with Crippen molar-refractivity contribution in [2.75, 3.05) is 78.7 Å². The molecule has 0 spiro atoms. The van der Waals surface area contributed by atoms with Gasteiger partial charge in [-0.15, -0.1) is 0 Å². The molecule has 7 aromatic rings. The molecule has 32 heteroatoms. The zero-order valence-corrected chi connectivity index (χ0v) is 49.1. The maximum absolute atomic E-state index is 13.3. The van der Waals surface area contributed by atoms with Crippen molar-refractivity contribution in [2.24, 2.45) is 49.3 Å². The lowest BCUT2D eigenvalue weighted by atomic mass is 10.3. The average molecular weight is 1190 g/mol. The molecule has 0 saturated carbocycles. The minimum atomic E-state index is -0.628. The molecular formula is C54H70N22O10. The van der Waals surface area contributed by atoms with E-state index in [9.17, 15) is 47.9 Å². The van der Waals surface area contributed by atoms with Crippen molar-refractivity contribution >= 4 is 93.6 Å². The summed E-state index contributed by atoms with van der Waals surface area (Å²) >= 11 is 0. The molecule has 0 aliphatic rings. The van der Waals surface area contributed by atoms with Crippen LogP contribution < -0.4 is 53.2 Å². The van der Waals surface area contributed by atoms with E-state index in [1.165, 1.54) is 76.6 Å². The zero-order chi connectivity index (χ0) is 62.4. The van der Waals surface area contributed by atoms with Gasteiger partial charge in [0.2, 0.25) is 35.2 Å². The van der Waals surface area contributed by atoms with Crippen LogP contribution in [0.25, 0.3) is 0 Å². The molecule has 0 aliphatic heterocycles. The second-order valence-electron chi connectivity index (χ2n) is 20.4. The van der Waals surface area contributed by atoms with Crippen LogP contribution in [0.4, 0.5) is 34.5 Å². The highest BCUT2D eigenvalue weighted by atomic mass is 16.2. The summed E-state index contributed by atoms with van der Waals surface area (Å²) < 4.78 is 10.5. The largest absolute Gasteiger partial charge is 0.351 e. The maximum atomic E-state index is 13.3. The molecule has 456 valence electrons. The Morgan fingerprint density at radius 2 is 0.779 bits per heavy atom. The van der Waals surface area contributed by atoms with Gasteiger partial charge in [0.15, 0.2) is 23.3 Å². The molecule has 32 nitrogen and oxygen atoms in total. The minimum Gasteiger partial charge on any atom is -0.351 e. The molecular weight excluding hydrogens is 1120 g/mol. The molecule has 7 aromatic heterocycles. The van der Waals surface area contributed by atoms with Crippen LogP contribution in [0.1, 0.15) is 112 Å². The third-order valence-corrected chi connectivity index (χ3v) is 13.0. The van der Waals surface area contributed by atoms with Gasteiger partial charge in [-0.25, -0.2) is 19.9 Å². The Labute approximate surface area is 492 Å². The van der Waals surface area contributed by atoms with Crippen molar-refractivity contribution in [1.29, 1.82) is 0 Å². The van der Waals surface area contributed by atoms with Gasteiger partial charge in [0.05, 0.1) is 17.1 Å². The summed E-state index contributed by atoms with van der Waals surface area (Å²) in [6.45, 7) is 1.43. The van der Waals surface area contributed by atoms with E-state index in [1.807, 2.05) is 14.1 Å². The molecule has 0 aliphatic carbocycles. The normalized spacial score (nSPS) is 11.0. The van der Waals surface area contributed by atoms with Crippen LogP contribution in [0, 0.1) is 0 Å². The molecule has 0 radical (unpaired) electrons. The fourth-order valence-corrected chi connectivity index (χ4v) is 8.69. The second-order valence-corrected chi connectivity index (χ2v) is 20.4. The van der Waals surface area contributed by atoms with E-state index >= 15 is 0 Å². The fraction of sp³-hybridized carbons (Fsp3) is 0.370. The first-order valence-corrected chi connectivity index (χ1v) is 27.1. The van der Waals surface area contributed by atoms with Gasteiger partial charge in [0, 0.05) is 144 Å². The first-order chi connectivity index (χ1) is 40.9. The topological polar surface area (TPSA) is 380 Å². The first kappa shape index (κ1) is 62.9. The molecule has 0 atom stereocenters. The third kappa shape index (κ3) is 17.0. The molecule has 0 unspecified atom stereocenters. The van der Waals surface area contributed by atoms with Gasteiger partial charge in [0.25, 0.3) is 41.4 Å². The van der Waals surface area contributed by atoms with Gasteiger partial charge >= 0.3 is 0 Å². The minimum absolute atomic E-state index is 0.00611. The number of hydrogen-bond donors (Lipinski definition) is 10. The van der Waals surface area contributed by atoms with Crippen LogP contribution >= 0.6 is 0 Å². The monoisotopic (exact) mass is 1190 g/mol. The number of unbranched alkanes of at least 4 members (excludes halogenated alkanes) is 1. The maximum Gasteiger partial charge on any atom is 0.291 e. The Hall–Kier alpha value is -10.7. The number of carbonyl (C=O) groups is 10. The van der Waals surface area contributed by atoms with E-state index in [2.05, 4.69) is 78.0 Å². The van der Waals surface area contributed by atoms with E-state index < -0.39 is 53.2 Å². The first-order valence-electron chi connectivity index (χ1n) is 27.1. The molecule has 0 saturated heterocycles. The highest BCUT2D eigenvalue weighted by Gasteiger charge is 2.23.